The van der Waals surface area contributed by atoms with E-state index in [-0.39, 0.29) is 23.8 Å². The summed E-state index contributed by atoms with van der Waals surface area (Å²) in [6.07, 6.45) is 4.19. The number of imidazole rings is 1. The van der Waals surface area contributed by atoms with Gasteiger partial charge in [-0.05, 0) is 69.3 Å². The molecule has 0 bridgehead atoms. The van der Waals surface area contributed by atoms with E-state index in [0.717, 1.165) is 47.5 Å². The summed E-state index contributed by atoms with van der Waals surface area (Å²) >= 11 is 0. The molecule has 5 heterocycles. The zero-order chi connectivity index (χ0) is 28.7. The number of carbonyl (C=O) groups is 2. The van der Waals surface area contributed by atoms with Crippen LogP contribution in [0.1, 0.15) is 64.1 Å². The van der Waals surface area contributed by atoms with Crippen LogP contribution in [0.2, 0.25) is 0 Å². The van der Waals surface area contributed by atoms with Gasteiger partial charge in [0.15, 0.2) is 0 Å². The van der Waals surface area contributed by atoms with Gasteiger partial charge in [-0.2, -0.15) is 5.10 Å². The summed E-state index contributed by atoms with van der Waals surface area (Å²) in [6.45, 7) is 8.51. The number of anilines is 1. The predicted molar refractivity (Wildman–Crippen MR) is 158 cm³/mol. The highest BCUT2D eigenvalue weighted by Crippen LogP contribution is 2.32. The fourth-order valence-corrected chi connectivity index (χ4v) is 5.53. The van der Waals surface area contributed by atoms with E-state index in [1.54, 1.807) is 22.7 Å². The Bertz CT molecular complexity index is 1770. The molecule has 10 heteroatoms. The molecule has 0 spiro atoms. The molecule has 1 aliphatic heterocycles. The Labute approximate surface area is 238 Å². The molecule has 1 unspecified atom stereocenters. The molecule has 210 valence electrons. The Hall–Kier alpha value is -4.57. The maximum absolute atomic E-state index is 13.5. The monoisotopic (exact) mass is 550 g/mol. The first-order chi connectivity index (χ1) is 19.8. The van der Waals surface area contributed by atoms with Crippen LogP contribution in [0.5, 0.6) is 0 Å². The Morgan fingerprint density at radius 3 is 2.68 bits per heavy atom. The van der Waals surface area contributed by atoms with E-state index in [0.29, 0.717) is 29.1 Å². The van der Waals surface area contributed by atoms with Crippen LogP contribution in [-0.4, -0.2) is 67.0 Å². The first-order valence-corrected chi connectivity index (χ1v) is 14.0. The number of nitrogens with zero attached hydrogens (tertiary/aromatic N) is 6. The molecule has 0 radical (unpaired) electrons. The largest absolute Gasteiger partial charge is 0.348 e. The maximum Gasteiger partial charge on any atom is 0.274 e. The van der Waals surface area contributed by atoms with Crippen LogP contribution in [-0.2, 0) is 6.54 Å². The van der Waals surface area contributed by atoms with Crippen molar-refractivity contribution in [2.45, 2.75) is 45.7 Å². The second-order valence-corrected chi connectivity index (χ2v) is 11.1. The summed E-state index contributed by atoms with van der Waals surface area (Å²) in [6, 6.07) is 15.4. The average Bonchev–Trinajstić information content (AvgIpc) is 3.66. The van der Waals surface area contributed by atoms with Gasteiger partial charge in [-0.1, -0.05) is 26.0 Å². The third-order valence-corrected chi connectivity index (χ3v) is 7.59. The molecule has 41 heavy (non-hydrogen) atoms. The Morgan fingerprint density at radius 1 is 1.10 bits per heavy atom. The summed E-state index contributed by atoms with van der Waals surface area (Å²) in [4.78, 5) is 37.6. The molecule has 2 N–H and O–H groups in total. The molecule has 1 fully saturated rings. The summed E-state index contributed by atoms with van der Waals surface area (Å²) < 4.78 is 3.65. The first kappa shape index (κ1) is 26.6. The van der Waals surface area contributed by atoms with E-state index in [1.165, 1.54) is 6.20 Å². The molecule has 1 saturated heterocycles. The third-order valence-electron chi connectivity index (χ3n) is 7.59. The maximum atomic E-state index is 13.5. The summed E-state index contributed by atoms with van der Waals surface area (Å²) in [5.74, 6) is -0.279. The van der Waals surface area contributed by atoms with Crippen LogP contribution >= 0.6 is 0 Å². The van der Waals surface area contributed by atoms with Crippen molar-refractivity contribution >= 4 is 34.1 Å². The minimum atomic E-state index is -0.293. The van der Waals surface area contributed by atoms with E-state index in [1.807, 2.05) is 48.0 Å². The van der Waals surface area contributed by atoms with Crippen LogP contribution in [0.25, 0.3) is 16.6 Å². The number of likely N-dealkylation sites (tertiary alicyclic amines) is 1. The lowest BCUT2D eigenvalue weighted by Gasteiger charge is -2.13. The highest BCUT2D eigenvalue weighted by molar-refractivity contribution is 6.09. The van der Waals surface area contributed by atoms with Gasteiger partial charge in [0.05, 0.1) is 35.3 Å². The number of amides is 2. The Balaban J connectivity index is 1.27. The van der Waals surface area contributed by atoms with Gasteiger partial charge in [-0.15, -0.1) is 0 Å². The molecular formula is C31H34N8O2. The molecule has 10 nitrogen and oxygen atoms in total. The zero-order valence-corrected chi connectivity index (χ0v) is 23.8. The Kier molecular flexibility index (Phi) is 7.00. The van der Waals surface area contributed by atoms with Crippen LogP contribution < -0.4 is 10.6 Å². The van der Waals surface area contributed by atoms with Crippen LogP contribution in [0.4, 0.5) is 5.69 Å². The molecule has 2 amide bonds. The van der Waals surface area contributed by atoms with Gasteiger partial charge in [-0.3, -0.25) is 23.7 Å². The van der Waals surface area contributed by atoms with Gasteiger partial charge in [0.1, 0.15) is 11.3 Å². The second-order valence-electron chi connectivity index (χ2n) is 11.1. The molecular weight excluding hydrogens is 516 g/mol. The predicted octanol–water partition coefficient (Wildman–Crippen LogP) is 4.25. The number of fused-ring (bicyclic) bond motifs is 2. The number of pyridine rings is 2. The van der Waals surface area contributed by atoms with Crippen LogP contribution in [0.15, 0.2) is 60.9 Å². The summed E-state index contributed by atoms with van der Waals surface area (Å²) in [7, 11) is 2.05. The molecule has 1 aliphatic rings. The van der Waals surface area contributed by atoms with Crippen molar-refractivity contribution in [1.29, 1.82) is 0 Å². The van der Waals surface area contributed by atoms with Crippen molar-refractivity contribution in [3.05, 3.63) is 89.3 Å². The summed E-state index contributed by atoms with van der Waals surface area (Å²) in [5, 5.41) is 12.0. The van der Waals surface area contributed by atoms with Crippen molar-refractivity contribution in [3.63, 3.8) is 0 Å². The minimum Gasteiger partial charge on any atom is -0.348 e. The van der Waals surface area contributed by atoms with Crippen molar-refractivity contribution in [1.82, 2.24) is 34.4 Å². The van der Waals surface area contributed by atoms with Crippen molar-refractivity contribution in [2.75, 3.05) is 25.5 Å². The van der Waals surface area contributed by atoms with E-state index in [4.69, 9.17) is 5.10 Å². The van der Waals surface area contributed by atoms with E-state index in [2.05, 4.69) is 46.4 Å². The fraction of sp³-hybridized carbons (Fsp3) is 0.323. The van der Waals surface area contributed by atoms with Gasteiger partial charge < -0.3 is 15.5 Å². The number of benzene rings is 1. The fourth-order valence-electron chi connectivity index (χ4n) is 5.53. The smallest absolute Gasteiger partial charge is 0.274 e. The zero-order valence-electron chi connectivity index (χ0n) is 23.8. The second kappa shape index (κ2) is 10.8. The lowest BCUT2D eigenvalue weighted by Crippen LogP contribution is -2.36. The first-order valence-electron chi connectivity index (χ1n) is 14.0. The highest BCUT2D eigenvalue weighted by atomic mass is 16.2. The lowest BCUT2D eigenvalue weighted by atomic mass is 10.0. The number of carbonyl (C=O) groups excluding carboxylic acids is 2. The number of hydrogen-bond donors (Lipinski definition) is 2. The quantitative estimate of drug-likeness (QED) is 0.314. The third kappa shape index (κ3) is 5.30. The van der Waals surface area contributed by atoms with Crippen molar-refractivity contribution in [3.8, 4) is 0 Å². The number of aromatic nitrogens is 5. The molecule has 1 aromatic carbocycles. The SMILES string of the molecule is Cc1cccc(Cn2nc(C(C)C)c3c(NC(=O)c4cnc5cc(C(=O)NC6CCN(C)C6)ccn45)cccc32)n1. The van der Waals surface area contributed by atoms with E-state index < -0.39 is 0 Å². The summed E-state index contributed by atoms with van der Waals surface area (Å²) in [5.41, 5.74) is 5.84. The number of aryl methyl sites for hydroxylation is 1. The Morgan fingerprint density at radius 2 is 1.93 bits per heavy atom. The van der Waals surface area contributed by atoms with Gasteiger partial charge >= 0.3 is 0 Å². The molecule has 0 aliphatic carbocycles. The molecule has 1 atom stereocenters. The van der Waals surface area contributed by atoms with E-state index >= 15 is 0 Å². The van der Waals surface area contributed by atoms with Crippen LogP contribution in [0.3, 0.4) is 0 Å². The molecule has 5 aromatic rings. The number of likely N-dealkylation sites (N-methyl/N-ethyl adjacent to an activating group) is 1. The highest BCUT2D eigenvalue weighted by Gasteiger charge is 2.23. The van der Waals surface area contributed by atoms with Gasteiger partial charge in [-0.25, -0.2) is 4.98 Å². The van der Waals surface area contributed by atoms with Crippen molar-refractivity contribution in [2.24, 2.45) is 0 Å². The number of nitrogens with one attached hydrogen (secondary N) is 2. The number of rotatable bonds is 7. The van der Waals surface area contributed by atoms with Gasteiger partial charge in [0, 0.05) is 35.4 Å². The number of hydrogen-bond acceptors (Lipinski definition) is 6. The van der Waals surface area contributed by atoms with E-state index in [9.17, 15) is 9.59 Å². The molecule has 6 rings (SSSR count). The lowest BCUT2D eigenvalue weighted by molar-refractivity contribution is 0.0938. The minimum absolute atomic E-state index is 0.132. The standard InChI is InChI=1S/C31H34N8O2/c1-19(2)29-28-24(9-6-10-25(28)39(36-29)18-22-8-5-7-20(3)33-22)35-31(41)26-16-32-27-15-21(11-14-38(26)27)30(40)34-23-12-13-37(4)17-23/h5-11,14-16,19,23H,12-13,17-18H2,1-4H3,(H,34,40)(H,35,41). The van der Waals surface area contributed by atoms with Gasteiger partial charge in [0.25, 0.3) is 11.8 Å². The molecule has 0 saturated carbocycles. The normalized spacial score (nSPS) is 15.7. The van der Waals surface area contributed by atoms with Gasteiger partial charge in [0.2, 0.25) is 0 Å². The van der Waals surface area contributed by atoms with Crippen LogP contribution in [0, 0.1) is 6.92 Å². The molecule has 4 aromatic heterocycles. The average molecular weight is 551 g/mol. The topological polar surface area (TPSA) is 109 Å². The van der Waals surface area contributed by atoms with Crippen molar-refractivity contribution < 1.29 is 9.59 Å².